The molecule has 132 valence electrons. The van der Waals surface area contributed by atoms with E-state index >= 15 is 0 Å². The van der Waals surface area contributed by atoms with Gasteiger partial charge in [0.05, 0.1) is 6.10 Å². The lowest BCUT2D eigenvalue weighted by molar-refractivity contribution is 0.0683. The van der Waals surface area contributed by atoms with Gasteiger partial charge in [0.15, 0.2) is 0 Å². The lowest BCUT2D eigenvalue weighted by Gasteiger charge is -2.34. The van der Waals surface area contributed by atoms with Gasteiger partial charge in [0.2, 0.25) is 0 Å². The third kappa shape index (κ3) is 4.33. The summed E-state index contributed by atoms with van der Waals surface area (Å²) >= 11 is 0. The molecule has 0 aromatic heterocycles. The summed E-state index contributed by atoms with van der Waals surface area (Å²) in [7, 11) is 0. The summed E-state index contributed by atoms with van der Waals surface area (Å²) in [4.78, 5) is 13.8. The number of hydrogen-bond acceptors (Lipinski definition) is 2. The predicted molar refractivity (Wildman–Crippen MR) is 91.1 cm³/mol. The second-order valence-electron chi connectivity index (χ2n) is 6.27. The average Bonchev–Trinajstić information content (AvgIpc) is 2.61. The molecule has 0 radical (unpaired) electrons. The maximum atomic E-state index is 13.2. The molecule has 0 spiro atoms. The highest BCUT2D eigenvalue weighted by atomic mass is 19.1. The SMILES string of the molecule is O=C(Nc1cc(F)cc(F)c1)N1CCC(C(O)c2ccccc2)CC1. The van der Waals surface area contributed by atoms with Crippen molar-refractivity contribution in [3.63, 3.8) is 0 Å². The summed E-state index contributed by atoms with van der Waals surface area (Å²) < 4.78 is 26.4. The van der Waals surface area contributed by atoms with Crippen LogP contribution in [0.2, 0.25) is 0 Å². The highest BCUT2D eigenvalue weighted by Crippen LogP contribution is 2.30. The fourth-order valence-corrected chi connectivity index (χ4v) is 3.17. The Morgan fingerprint density at radius 1 is 1.08 bits per heavy atom. The monoisotopic (exact) mass is 346 g/mol. The van der Waals surface area contributed by atoms with Crippen LogP contribution in [0.1, 0.15) is 24.5 Å². The van der Waals surface area contributed by atoms with Crippen molar-refractivity contribution in [1.29, 1.82) is 0 Å². The summed E-state index contributed by atoms with van der Waals surface area (Å²) in [6, 6.07) is 12.0. The molecule has 1 fully saturated rings. The quantitative estimate of drug-likeness (QED) is 0.884. The fourth-order valence-electron chi connectivity index (χ4n) is 3.17. The average molecular weight is 346 g/mol. The third-order valence-electron chi connectivity index (χ3n) is 4.53. The molecule has 2 N–H and O–H groups in total. The van der Waals surface area contributed by atoms with Crippen molar-refractivity contribution in [2.75, 3.05) is 18.4 Å². The van der Waals surface area contributed by atoms with Crippen LogP contribution < -0.4 is 5.32 Å². The first-order valence-electron chi connectivity index (χ1n) is 8.28. The van der Waals surface area contributed by atoms with E-state index in [1.807, 2.05) is 30.3 Å². The lowest BCUT2D eigenvalue weighted by atomic mass is 9.87. The third-order valence-corrected chi connectivity index (χ3v) is 4.53. The second-order valence-corrected chi connectivity index (χ2v) is 6.27. The first kappa shape index (κ1) is 17.4. The number of anilines is 1. The van der Waals surface area contributed by atoms with Gasteiger partial charge in [-0.05, 0) is 36.5 Å². The topological polar surface area (TPSA) is 52.6 Å². The van der Waals surface area contributed by atoms with Crippen LogP contribution in [0.15, 0.2) is 48.5 Å². The van der Waals surface area contributed by atoms with Gasteiger partial charge >= 0.3 is 6.03 Å². The number of carbonyl (C=O) groups excluding carboxylic acids is 1. The molecule has 0 saturated carbocycles. The van der Waals surface area contributed by atoms with Crippen LogP contribution in [0, 0.1) is 17.6 Å². The number of likely N-dealkylation sites (tertiary alicyclic amines) is 1. The molecule has 1 atom stereocenters. The highest BCUT2D eigenvalue weighted by Gasteiger charge is 2.28. The normalized spacial score (nSPS) is 16.5. The van der Waals surface area contributed by atoms with Crippen LogP contribution in [-0.2, 0) is 0 Å². The largest absolute Gasteiger partial charge is 0.388 e. The van der Waals surface area contributed by atoms with E-state index in [4.69, 9.17) is 0 Å². The molecule has 1 aliphatic heterocycles. The van der Waals surface area contributed by atoms with Gasteiger partial charge in [0, 0.05) is 24.8 Å². The summed E-state index contributed by atoms with van der Waals surface area (Å²) in [5.74, 6) is -1.39. The van der Waals surface area contributed by atoms with Crippen molar-refractivity contribution in [2.45, 2.75) is 18.9 Å². The number of carbonyl (C=O) groups is 1. The van der Waals surface area contributed by atoms with E-state index in [9.17, 15) is 18.7 Å². The van der Waals surface area contributed by atoms with E-state index < -0.39 is 23.8 Å². The molecule has 0 bridgehead atoms. The van der Waals surface area contributed by atoms with Gasteiger partial charge in [-0.15, -0.1) is 0 Å². The number of amides is 2. The Hall–Kier alpha value is -2.47. The maximum Gasteiger partial charge on any atom is 0.321 e. The van der Waals surface area contributed by atoms with Crippen LogP contribution in [0.3, 0.4) is 0 Å². The molecular formula is C19H20F2N2O2. The first-order chi connectivity index (χ1) is 12.0. The standard InChI is InChI=1S/C19H20F2N2O2/c20-15-10-16(21)12-17(11-15)22-19(25)23-8-6-14(7-9-23)18(24)13-4-2-1-3-5-13/h1-5,10-12,14,18,24H,6-9H2,(H,22,25). The highest BCUT2D eigenvalue weighted by molar-refractivity contribution is 5.89. The molecule has 1 heterocycles. The number of piperidine rings is 1. The number of urea groups is 1. The Morgan fingerprint density at radius 2 is 1.68 bits per heavy atom. The van der Waals surface area contributed by atoms with Crippen molar-refractivity contribution >= 4 is 11.7 Å². The van der Waals surface area contributed by atoms with Crippen molar-refractivity contribution in [3.8, 4) is 0 Å². The molecule has 0 aliphatic carbocycles. The number of halogens is 2. The smallest absolute Gasteiger partial charge is 0.321 e. The van der Waals surface area contributed by atoms with Crippen LogP contribution in [0.4, 0.5) is 19.3 Å². The molecule has 2 aromatic rings. The fraction of sp³-hybridized carbons (Fsp3) is 0.316. The number of aliphatic hydroxyl groups excluding tert-OH is 1. The number of hydrogen-bond donors (Lipinski definition) is 2. The Kier molecular flexibility index (Phi) is 5.28. The van der Waals surface area contributed by atoms with Crippen molar-refractivity contribution in [2.24, 2.45) is 5.92 Å². The molecule has 1 unspecified atom stereocenters. The van der Waals surface area contributed by atoms with Crippen molar-refractivity contribution in [1.82, 2.24) is 4.90 Å². The zero-order valence-electron chi connectivity index (χ0n) is 13.7. The van der Waals surface area contributed by atoms with E-state index in [0.29, 0.717) is 25.9 Å². The van der Waals surface area contributed by atoms with E-state index in [-0.39, 0.29) is 11.6 Å². The number of aliphatic hydroxyl groups is 1. The first-order valence-corrected chi connectivity index (χ1v) is 8.28. The lowest BCUT2D eigenvalue weighted by Crippen LogP contribution is -2.42. The minimum Gasteiger partial charge on any atom is -0.388 e. The molecule has 2 aromatic carbocycles. The number of rotatable bonds is 3. The Labute approximate surface area is 145 Å². The Morgan fingerprint density at radius 3 is 2.28 bits per heavy atom. The zero-order valence-corrected chi connectivity index (χ0v) is 13.7. The van der Waals surface area contributed by atoms with Crippen molar-refractivity contribution in [3.05, 3.63) is 65.7 Å². The summed E-state index contributed by atoms with van der Waals surface area (Å²) in [5.41, 5.74) is 0.967. The van der Waals surface area contributed by atoms with Crippen LogP contribution in [0.5, 0.6) is 0 Å². The van der Waals surface area contributed by atoms with Gasteiger partial charge < -0.3 is 15.3 Å². The van der Waals surface area contributed by atoms with Gasteiger partial charge in [0.25, 0.3) is 0 Å². The Bertz CT molecular complexity index is 711. The summed E-state index contributed by atoms with van der Waals surface area (Å²) in [5, 5.41) is 13.0. The van der Waals surface area contributed by atoms with Crippen LogP contribution >= 0.6 is 0 Å². The molecule has 4 nitrogen and oxygen atoms in total. The van der Waals surface area contributed by atoms with Crippen molar-refractivity contribution < 1.29 is 18.7 Å². The number of benzene rings is 2. The van der Waals surface area contributed by atoms with E-state index in [1.165, 1.54) is 0 Å². The molecular weight excluding hydrogens is 326 g/mol. The minimum atomic E-state index is -0.736. The second kappa shape index (κ2) is 7.61. The molecule has 1 saturated heterocycles. The van der Waals surface area contributed by atoms with Crippen LogP contribution in [0.25, 0.3) is 0 Å². The molecule has 2 amide bonds. The zero-order chi connectivity index (χ0) is 17.8. The molecule has 1 aliphatic rings. The molecule has 3 rings (SSSR count). The molecule has 6 heteroatoms. The Balaban J connectivity index is 1.55. The van der Waals surface area contributed by atoms with E-state index in [2.05, 4.69) is 5.32 Å². The van der Waals surface area contributed by atoms with Crippen LogP contribution in [-0.4, -0.2) is 29.1 Å². The number of nitrogens with one attached hydrogen (secondary N) is 1. The maximum absolute atomic E-state index is 13.2. The molecule has 25 heavy (non-hydrogen) atoms. The van der Waals surface area contributed by atoms with Gasteiger partial charge in [-0.3, -0.25) is 0 Å². The summed E-state index contributed by atoms with van der Waals surface area (Å²) in [6.45, 7) is 0.969. The summed E-state index contributed by atoms with van der Waals surface area (Å²) in [6.07, 6.45) is 0.783. The van der Waals surface area contributed by atoms with Gasteiger partial charge in [-0.1, -0.05) is 30.3 Å². The van der Waals surface area contributed by atoms with Gasteiger partial charge in [-0.2, -0.15) is 0 Å². The minimum absolute atomic E-state index is 0.0815. The van der Waals surface area contributed by atoms with Gasteiger partial charge in [-0.25, -0.2) is 13.6 Å². The van der Waals surface area contributed by atoms with E-state index in [0.717, 1.165) is 23.8 Å². The van der Waals surface area contributed by atoms with E-state index in [1.54, 1.807) is 4.90 Å². The van der Waals surface area contributed by atoms with Gasteiger partial charge in [0.1, 0.15) is 11.6 Å². The predicted octanol–water partition coefficient (Wildman–Crippen LogP) is 3.94. The number of nitrogens with zero attached hydrogens (tertiary/aromatic N) is 1.